The van der Waals surface area contributed by atoms with E-state index in [9.17, 15) is 4.79 Å². The Morgan fingerprint density at radius 2 is 2.00 bits per heavy atom. The first kappa shape index (κ1) is 16.5. The molecule has 1 aliphatic carbocycles. The van der Waals surface area contributed by atoms with Gasteiger partial charge in [0.25, 0.3) is 5.91 Å². The Morgan fingerprint density at radius 1 is 1.24 bits per heavy atom. The molecule has 0 bridgehead atoms. The van der Waals surface area contributed by atoms with Gasteiger partial charge in [0.05, 0.1) is 0 Å². The SMILES string of the molecule is Cc1nsc(N2CCC(N(C)C(=O)c3ccc4c(c3)CCC4)CC2)n1. The van der Waals surface area contributed by atoms with E-state index in [4.69, 9.17) is 0 Å². The number of fused-ring (bicyclic) bond motifs is 1. The van der Waals surface area contributed by atoms with Gasteiger partial charge in [-0.05, 0) is 62.3 Å². The van der Waals surface area contributed by atoms with Crippen LogP contribution in [0.5, 0.6) is 0 Å². The third-order valence-corrected chi connectivity index (χ3v) is 6.33. The van der Waals surface area contributed by atoms with Crippen molar-refractivity contribution < 1.29 is 4.79 Å². The molecule has 1 amide bonds. The number of hydrogen-bond donors (Lipinski definition) is 0. The smallest absolute Gasteiger partial charge is 0.253 e. The zero-order chi connectivity index (χ0) is 17.4. The molecule has 2 heterocycles. The predicted octanol–water partition coefficient (Wildman–Crippen LogP) is 3.08. The van der Waals surface area contributed by atoms with Gasteiger partial charge in [0, 0.05) is 43.3 Å². The molecule has 0 radical (unpaired) electrons. The summed E-state index contributed by atoms with van der Waals surface area (Å²) in [5, 5.41) is 1.00. The van der Waals surface area contributed by atoms with Crippen LogP contribution in [-0.4, -0.2) is 46.3 Å². The van der Waals surface area contributed by atoms with E-state index < -0.39 is 0 Å². The van der Waals surface area contributed by atoms with Crippen molar-refractivity contribution in [2.24, 2.45) is 0 Å². The van der Waals surface area contributed by atoms with Gasteiger partial charge in [-0.3, -0.25) is 4.79 Å². The standard InChI is InChI=1S/C19H24N4OS/c1-13-20-19(25-21-13)23-10-8-17(9-11-23)22(2)18(24)16-7-6-14-4-3-5-15(14)12-16/h6-7,12,17H,3-5,8-11H2,1-2H3. The molecule has 1 aromatic heterocycles. The molecular formula is C19H24N4OS. The minimum atomic E-state index is 0.153. The van der Waals surface area contributed by atoms with E-state index >= 15 is 0 Å². The molecule has 0 N–H and O–H groups in total. The largest absolute Gasteiger partial charge is 0.347 e. The van der Waals surface area contributed by atoms with Crippen molar-refractivity contribution in [1.29, 1.82) is 0 Å². The number of nitrogens with zero attached hydrogens (tertiary/aromatic N) is 4. The zero-order valence-electron chi connectivity index (χ0n) is 14.9. The van der Waals surface area contributed by atoms with Gasteiger partial charge in [-0.15, -0.1) is 0 Å². The second-order valence-corrected chi connectivity index (χ2v) is 7.83. The highest BCUT2D eigenvalue weighted by atomic mass is 32.1. The summed E-state index contributed by atoms with van der Waals surface area (Å²) < 4.78 is 4.27. The van der Waals surface area contributed by atoms with E-state index in [1.807, 2.05) is 24.9 Å². The minimum absolute atomic E-state index is 0.153. The van der Waals surface area contributed by atoms with E-state index in [1.54, 1.807) is 0 Å². The molecule has 0 spiro atoms. The summed E-state index contributed by atoms with van der Waals surface area (Å²) in [6, 6.07) is 6.55. The van der Waals surface area contributed by atoms with Crippen LogP contribution in [0.1, 0.15) is 46.6 Å². The summed E-state index contributed by atoms with van der Waals surface area (Å²) >= 11 is 1.46. The lowest BCUT2D eigenvalue weighted by atomic mass is 10.0. The number of benzene rings is 1. The van der Waals surface area contributed by atoms with Crippen molar-refractivity contribution in [3.05, 3.63) is 40.7 Å². The molecule has 2 aliphatic rings. The summed E-state index contributed by atoms with van der Waals surface area (Å²) in [4.78, 5) is 21.6. The maximum atomic E-state index is 12.9. The molecule has 6 heteroatoms. The van der Waals surface area contributed by atoms with Crippen LogP contribution in [-0.2, 0) is 12.8 Å². The molecule has 132 valence electrons. The van der Waals surface area contributed by atoms with Crippen LogP contribution in [0, 0.1) is 6.92 Å². The number of aryl methyl sites for hydroxylation is 3. The average molecular weight is 356 g/mol. The summed E-state index contributed by atoms with van der Waals surface area (Å²) in [7, 11) is 1.95. The first-order chi connectivity index (χ1) is 12.1. The van der Waals surface area contributed by atoms with Crippen molar-refractivity contribution in [2.75, 3.05) is 25.0 Å². The number of piperidine rings is 1. The highest BCUT2D eigenvalue weighted by Gasteiger charge is 2.27. The van der Waals surface area contributed by atoms with Crippen molar-refractivity contribution >= 4 is 22.6 Å². The van der Waals surface area contributed by atoms with Gasteiger partial charge >= 0.3 is 0 Å². The topological polar surface area (TPSA) is 49.3 Å². The Hall–Kier alpha value is -1.95. The maximum Gasteiger partial charge on any atom is 0.253 e. The fourth-order valence-corrected chi connectivity index (χ4v) is 4.66. The number of hydrogen-bond acceptors (Lipinski definition) is 5. The molecule has 0 saturated carbocycles. The van der Waals surface area contributed by atoms with E-state index in [-0.39, 0.29) is 5.91 Å². The lowest BCUT2D eigenvalue weighted by molar-refractivity contribution is 0.0709. The Bertz CT molecular complexity index is 779. The van der Waals surface area contributed by atoms with Crippen LogP contribution in [0.25, 0.3) is 0 Å². The van der Waals surface area contributed by atoms with Gasteiger partial charge < -0.3 is 9.80 Å². The molecule has 25 heavy (non-hydrogen) atoms. The van der Waals surface area contributed by atoms with Gasteiger partial charge in [-0.2, -0.15) is 4.37 Å². The van der Waals surface area contributed by atoms with Gasteiger partial charge in [0.1, 0.15) is 5.82 Å². The fourth-order valence-electron chi connectivity index (χ4n) is 3.93. The molecule has 5 nitrogen and oxygen atoms in total. The maximum absolute atomic E-state index is 12.9. The van der Waals surface area contributed by atoms with Crippen LogP contribution in [0.2, 0.25) is 0 Å². The fraction of sp³-hybridized carbons (Fsp3) is 0.526. The molecule has 0 atom stereocenters. The Labute approximate surface area is 152 Å². The Balaban J connectivity index is 1.40. The number of aromatic nitrogens is 2. The van der Waals surface area contributed by atoms with E-state index in [1.165, 1.54) is 29.1 Å². The van der Waals surface area contributed by atoms with E-state index in [2.05, 4.69) is 26.4 Å². The first-order valence-corrected chi connectivity index (χ1v) is 9.83. The molecule has 1 aliphatic heterocycles. The second kappa shape index (κ2) is 6.75. The first-order valence-electron chi connectivity index (χ1n) is 9.06. The number of amides is 1. The van der Waals surface area contributed by atoms with Gasteiger partial charge in [-0.25, -0.2) is 4.98 Å². The van der Waals surface area contributed by atoms with E-state index in [0.717, 1.165) is 55.3 Å². The zero-order valence-corrected chi connectivity index (χ0v) is 15.7. The molecule has 1 saturated heterocycles. The third-order valence-electron chi connectivity index (χ3n) is 5.47. The lowest BCUT2D eigenvalue weighted by Gasteiger charge is -2.36. The molecule has 0 unspecified atom stereocenters. The normalized spacial score (nSPS) is 17.6. The molecule has 2 aromatic rings. The lowest BCUT2D eigenvalue weighted by Crippen LogP contribution is -2.45. The van der Waals surface area contributed by atoms with Crippen molar-refractivity contribution in [3.8, 4) is 0 Å². The van der Waals surface area contributed by atoms with Crippen LogP contribution >= 0.6 is 11.5 Å². The molecule has 1 fully saturated rings. The van der Waals surface area contributed by atoms with Crippen molar-refractivity contribution in [3.63, 3.8) is 0 Å². The monoisotopic (exact) mass is 356 g/mol. The van der Waals surface area contributed by atoms with Crippen LogP contribution in [0.4, 0.5) is 5.13 Å². The molecule has 1 aromatic carbocycles. The minimum Gasteiger partial charge on any atom is -0.347 e. The predicted molar refractivity (Wildman–Crippen MR) is 100 cm³/mol. The summed E-state index contributed by atoms with van der Waals surface area (Å²) in [6.07, 6.45) is 5.44. The Morgan fingerprint density at radius 3 is 2.72 bits per heavy atom. The average Bonchev–Trinajstić information content (AvgIpc) is 3.28. The number of carbonyl (C=O) groups is 1. The van der Waals surface area contributed by atoms with Crippen molar-refractivity contribution in [2.45, 2.75) is 45.1 Å². The van der Waals surface area contributed by atoms with Gasteiger partial charge in [-0.1, -0.05) is 6.07 Å². The quantitative estimate of drug-likeness (QED) is 0.848. The van der Waals surface area contributed by atoms with Crippen LogP contribution in [0.3, 0.4) is 0 Å². The van der Waals surface area contributed by atoms with Crippen LogP contribution < -0.4 is 4.90 Å². The Kier molecular flexibility index (Phi) is 4.46. The van der Waals surface area contributed by atoms with Gasteiger partial charge in [0.2, 0.25) is 5.13 Å². The number of anilines is 1. The second-order valence-electron chi connectivity index (χ2n) is 7.10. The number of rotatable bonds is 3. The van der Waals surface area contributed by atoms with Crippen molar-refractivity contribution in [1.82, 2.24) is 14.3 Å². The summed E-state index contributed by atoms with van der Waals surface area (Å²) in [6.45, 7) is 3.79. The highest BCUT2D eigenvalue weighted by Crippen LogP contribution is 2.26. The summed E-state index contributed by atoms with van der Waals surface area (Å²) in [5.74, 6) is 0.992. The van der Waals surface area contributed by atoms with Gasteiger partial charge in [0.15, 0.2) is 0 Å². The summed E-state index contributed by atoms with van der Waals surface area (Å²) in [5.41, 5.74) is 3.62. The molecular weight excluding hydrogens is 332 g/mol. The molecule has 4 rings (SSSR count). The highest BCUT2D eigenvalue weighted by molar-refractivity contribution is 7.09. The van der Waals surface area contributed by atoms with Crippen LogP contribution in [0.15, 0.2) is 18.2 Å². The third kappa shape index (κ3) is 3.27. The number of carbonyl (C=O) groups excluding carboxylic acids is 1. The van der Waals surface area contributed by atoms with E-state index in [0.29, 0.717) is 6.04 Å².